The number of hydrogen-bond donors (Lipinski definition) is 0. The lowest BCUT2D eigenvalue weighted by Gasteiger charge is -2.07. The van der Waals surface area contributed by atoms with Gasteiger partial charge in [-0.2, -0.15) is 0 Å². The molecule has 3 aromatic heterocycles. The van der Waals surface area contributed by atoms with Crippen molar-refractivity contribution >= 4 is 11.3 Å². The number of imidazole rings is 1. The van der Waals surface area contributed by atoms with E-state index in [-0.39, 0.29) is 0 Å². The van der Waals surface area contributed by atoms with Crippen LogP contribution in [0, 0.1) is 6.92 Å². The van der Waals surface area contributed by atoms with Crippen molar-refractivity contribution in [3.63, 3.8) is 0 Å². The van der Waals surface area contributed by atoms with Crippen LogP contribution >= 0.6 is 11.3 Å². The van der Waals surface area contributed by atoms with Crippen LogP contribution in [0.2, 0.25) is 0 Å². The van der Waals surface area contributed by atoms with E-state index in [0.29, 0.717) is 0 Å². The quantitative estimate of drug-likeness (QED) is 0.743. The van der Waals surface area contributed by atoms with Crippen molar-refractivity contribution in [3.05, 3.63) is 41.1 Å². The number of fused-ring (bicyclic) bond motifs is 1. The fourth-order valence-electron chi connectivity index (χ4n) is 2.73. The minimum Gasteiger partial charge on any atom is -0.323 e. The molecular weight excluding hydrogens is 270 g/mol. The van der Waals surface area contributed by atoms with Gasteiger partial charge >= 0.3 is 0 Å². The Balaban J connectivity index is 1.70. The second-order valence-corrected chi connectivity index (χ2v) is 6.02. The third-order valence-corrected chi connectivity index (χ3v) is 4.79. The Bertz CT molecular complexity index is 751. The van der Waals surface area contributed by atoms with Gasteiger partial charge in [-0.1, -0.05) is 0 Å². The Morgan fingerprint density at radius 2 is 2.30 bits per heavy atom. The topological polar surface area (TPSA) is 48.5 Å². The lowest BCUT2D eigenvalue weighted by molar-refractivity contribution is 0.648. The average molecular weight is 285 g/mol. The van der Waals surface area contributed by atoms with Crippen molar-refractivity contribution in [2.24, 2.45) is 0 Å². The van der Waals surface area contributed by atoms with Gasteiger partial charge in [0.15, 0.2) is 11.6 Å². The summed E-state index contributed by atoms with van der Waals surface area (Å²) in [5.41, 5.74) is 1.27. The molecule has 5 nitrogen and oxygen atoms in total. The standard InChI is InChI=1S/C14H15N5S/c1-10-4-8-20-13(10)14-15-5-7-18(14)9-12-17-16-11-3-2-6-19(11)12/h4-5,7-8H,2-3,6,9H2,1H3. The molecule has 0 spiro atoms. The maximum atomic E-state index is 4.51. The highest BCUT2D eigenvalue weighted by Crippen LogP contribution is 2.28. The molecule has 20 heavy (non-hydrogen) atoms. The SMILES string of the molecule is Cc1ccsc1-c1nccn1Cc1nnc2n1CCC2. The molecule has 102 valence electrons. The van der Waals surface area contributed by atoms with Gasteiger partial charge in [0.05, 0.1) is 11.4 Å². The number of nitrogens with zero attached hydrogens (tertiary/aromatic N) is 5. The zero-order valence-corrected chi connectivity index (χ0v) is 12.1. The van der Waals surface area contributed by atoms with Crippen LogP contribution in [0.5, 0.6) is 0 Å². The Kier molecular flexibility index (Phi) is 2.70. The molecule has 0 N–H and O–H groups in total. The van der Waals surface area contributed by atoms with Gasteiger partial charge in [-0.25, -0.2) is 4.98 Å². The maximum absolute atomic E-state index is 4.51. The second-order valence-electron chi connectivity index (χ2n) is 5.10. The third kappa shape index (κ3) is 1.79. The molecule has 0 atom stereocenters. The van der Waals surface area contributed by atoms with E-state index in [1.54, 1.807) is 11.3 Å². The van der Waals surface area contributed by atoms with E-state index in [1.165, 1.54) is 16.9 Å². The first-order valence-corrected chi connectivity index (χ1v) is 7.67. The van der Waals surface area contributed by atoms with E-state index in [1.807, 2.05) is 12.4 Å². The Labute approximate surface area is 120 Å². The van der Waals surface area contributed by atoms with E-state index in [0.717, 1.165) is 37.0 Å². The van der Waals surface area contributed by atoms with E-state index in [9.17, 15) is 0 Å². The summed E-state index contributed by atoms with van der Waals surface area (Å²) in [4.78, 5) is 5.74. The highest BCUT2D eigenvalue weighted by Gasteiger charge is 2.18. The smallest absolute Gasteiger partial charge is 0.153 e. The summed E-state index contributed by atoms with van der Waals surface area (Å²) in [5.74, 6) is 3.17. The number of rotatable bonds is 3. The molecule has 6 heteroatoms. The van der Waals surface area contributed by atoms with Gasteiger partial charge in [0.25, 0.3) is 0 Å². The Morgan fingerprint density at radius 3 is 3.15 bits per heavy atom. The molecule has 3 aromatic rings. The molecule has 0 fully saturated rings. The first-order valence-electron chi connectivity index (χ1n) is 6.79. The lowest BCUT2D eigenvalue weighted by Crippen LogP contribution is -2.08. The Morgan fingerprint density at radius 1 is 1.35 bits per heavy atom. The monoisotopic (exact) mass is 285 g/mol. The van der Waals surface area contributed by atoms with Crippen LogP contribution in [-0.4, -0.2) is 24.3 Å². The van der Waals surface area contributed by atoms with E-state index < -0.39 is 0 Å². The van der Waals surface area contributed by atoms with Gasteiger partial charge in [0.2, 0.25) is 0 Å². The van der Waals surface area contributed by atoms with Gasteiger partial charge in [-0.3, -0.25) is 0 Å². The number of aromatic nitrogens is 5. The molecule has 4 rings (SSSR count). The molecule has 0 bridgehead atoms. The summed E-state index contributed by atoms with van der Waals surface area (Å²) in [6.45, 7) is 3.90. The van der Waals surface area contributed by atoms with Gasteiger partial charge in [-0.05, 0) is 30.4 Å². The van der Waals surface area contributed by atoms with Gasteiger partial charge < -0.3 is 9.13 Å². The number of hydrogen-bond acceptors (Lipinski definition) is 4. The molecule has 4 heterocycles. The van der Waals surface area contributed by atoms with Crippen molar-refractivity contribution in [1.82, 2.24) is 24.3 Å². The summed E-state index contributed by atoms with van der Waals surface area (Å²) in [7, 11) is 0. The zero-order valence-electron chi connectivity index (χ0n) is 11.3. The molecule has 1 aliphatic rings. The first-order chi connectivity index (χ1) is 9.83. The van der Waals surface area contributed by atoms with Crippen LogP contribution in [0.4, 0.5) is 0 Å². The minimum atomic E-state index is 0.736. The summed E-state index contributed by atoms with van der Waals surface area (Å²) >= 11 is 1.73. The summed E-state index contributed by atoms with van der Waals surface area (Å²) in [6.07, 6.45) is 6.10. The fraction of sp³-hybridized carbons (Fsp3) is 0.357. The first kappa shape index (κ1) is 11.8. The van der Waals surface area contributed by atoms with Gasteiger partial charge in [0.1, 0.15) is 5.82 Å². The molecule has 0 saturated heterocycles. The van der Waals surface area contributed by atoms with Gasteiger partial charge in [-0.15, -0.1) is 21.5 Å². The van der Waals surface area contributed by atoms with E-state index in [4.69, 9.17) is 0 Å². The molecule has 0 saturated carbocycles. The normalized spacial score (nSPS) is 13.8. The van der Waals surface area contributed by atoms with E-state index in [2.05, 4.69) is 42.7 Å². The largest absolute Gasteiger partial charge is 0.323 e. The highest BCUT2D eigenvalue weighted by atomic mass is 32.1. The summed E-state index contributed by atoms with van der Waals surface area (Å²) in [6, 6.07) is 2.13. The van der Waals surface area contributed by atoms with Crippen molar-refractivity contribution in [2.45, 2.75) is 32.9 Å². The number of aryl methyl sites for hydroxylation is 2. The highest BCUT2D eigenvalue weighted by molar-refractivity contribution is 7.13. The summed E-state index contributed by atoms with van der Waals surface area (Å²) < 4.78 is 4.40. The van der Waals surface area contributed by atoms with Crippen LogP contribution in [0.3, 0.4) is 0 Å². The second kappa shape index (κ2) is 4.56. The average Bonchev–Trinajstić information content (AvgIpc) is 3.16. The molecular formula is C14H15N5S. The number of thiophene rings is 1. The molecule has 0 amide bonds. The molecule has 0 aliphatic carbocycles. The van der Waals surface area contributed by atoms with Crippen molar-refractivity contribution in [2.75, 3.05) is 0 Å². The van der Waals surface area contributed by atoms with E-state index >= 15 is 0 Å². The van der Waals surface area contributed by atoms with Crippen LogP contribution in [0.1, 0.15) is 23.6 Å². The molecule has 0 radical (unpaired) electrons. The lowest BCUT2D eigenvalue weighted by atomic mass is 10.3. The predicted molar refractivity (Wildman–Crippen MR) is 77.7 cm³/mol. The van der Waals surface area contributed by atoms with Crippen LogP contribution in [-0.2, 0) is 19.5 Å². The molecule has 1 aliphatic heterocycles. The van der Waals surface area contributed by atoms with Crippen molar-refractivity contribution in [1.29, 1.82) is 0 Å². The van der Waals surface area contributed by atoms with Gasteiger partial charge in [0, 0.05) is 25.4 Å². The zero-order chi connectivity index (χ0) is 13.5. The van der Waals surface area contributed by atoms with Crippen LogP contribution in [0.25, 0.3) is 10.7 Å². The fourth-order valence-corrected chi connectivity index (χ4v) is 3.67. The predicted octanol–water partition coefficient (Wildman–Crippen LogP) is 2.51. The minimum absolute atomic E-state index is 0.736. The molecule has 0 unspecified atom stereocenters. The summed E-state index contributed by atoms with van der Waals surface area (Å²) in [5, 5.41) is 10.7. The van der Waals surface area contributed by atoms with Crippen LogP contribution < -0.4 is 0 Å². The maximum Gasteiger partial charge on any atom is 0.153 e. The Hall–Kier alpha value is -1.95. The van der Waals surface area contributed by atoms with Crippen molar-refractivity contribution < 1.29 is 0 Å². The molecule has 0 aromatic carbocycles. The van der Waals surface area contributed by atoms with Crippen molar-refractivity contribution in [3.8, 4) is 10.7 Å². The van der Waals surface area contributed by atoms with Crippen LogP contribution in [0.15, 0.2) is 23.8 Å². The third-order valence-electron chi connectivity index (χ3n) is 3.78.